The molecule has 6 nitrogen and oxygen atoms in total. The van der Waals surface area contributed by atoms with Crippen LogP contribution in [-0.4, -0.2) is 58.0 Å². The van der Waals surface area contributed by atoms with Gasteiger partial charge in [0.15, 0.2) is 9.84 Å². The third kappa shape index (κ3) is 4.52. The van der Waals surface area contributed by atoms with Crippen molar-refractivity contribution in [3.05, 3.63) is 72.3 Å². The van der Waals surface area contributed by atoms with Gasteiger partial charge in [-0.1, -0.05) is 49.4 Å². The predicted molar refractivity (Wildman–Crippen MR) is 122 cm³/mol. The third-order valence-electron chi connectivity index (χ3n) is 5.81. The monoisotopic (exact) mass is 458 g/mol. The summed E-state index contributed by atoms with van der Waals surface area (Å²) in [6.45, 7) is 4.44. The van der Waals surface area contributed by atoms with Crippen molar-refractivity contribution in [2.75, 3.05) is 31.9 Å². The minimum Gasteiger partial charge on any atom is -0.296 e. The number of rotatable bonds is 6. The highest BCUT2D eigenvalue weighted by atomic mass is 32.2. The lowest BCUT2D eigenvalue weighted by Crippen LogP contribution is -2.48. The average Bonchev–Trinajstić information content (AvgIpc) is 2.80. The molecule has 0 saturated carbocycles. The number of sulfonamides is 1. The quantitative estimate of drug-likeness (QED) is 0.567. The first-order chi connectivity index (χ1) is 14.8. The Morgan fingerprint density at radius 2 is 1.35 bits per heavy atom. The van der Waals surface area contributed by atoms with Crippen LogP contribution in [0.5, 0.6) is 0 Å². The fraction of sp³-hybridized carbons (Fsp3) is 0.304. The first-order valence-corrected chi connectivity index (χ1v) is 13.4. The molecule has 3 aromatic carbocycles. The predicted octanol–water partition coefficient (Wildman–Crippen LogP) is 3.14. The van der Waals surface area contributed by atoms with Crippen molar-refractivity contribution in [3.63, 3.8) is 0 Å². The van der Waals surface area contributed by atoms with Gasteiger partial charge < -0.3 is 0 Å². The molecule has 4 rings (SSSR count). The summed E-state index contributed by atoms with van der Waals surface area (Å²) in [6.07, 6.45) is 0. The third-order valence-corrected chi connectivity index (χ3v) is 9.47. The molecule has 0 atom stereocenters. The molecule has 1 aliphatic rings. The van der Waals surface area contributed by atoms with Gasteiger partial charge in [-0.3, -0.25) is 4.90 Å². The zero-order valence-corrected chi connectivity index (χ0v) is 19.1. The van der Waals surface area contributed by atoms with Crippen LogP contribution in [-0.2, 0) is 26.4 Å². The maximum Gasteiger partial charge on any atom is 0.243 e. The summed E-state index contributed by atoms with van der Waals surface area (Å²) in [5.74, 6) is -0.0161. The van der Waals surface area contributed by atoms with Gasteiger partial charge in [-0.25, -0.2) is 16.8 Å². The molecule has 1 saturated heterocycles. The number of benzene rings is 3. The zero-order chi connectivity index (χ0) is 22.1. The Morgan fingerprint density at radius 3 is 2.03 bits per heavy atom. The van der Waals surface area contributed by atoms with Gasteiger partial charge in [0.2, 0.25) is 10.0 Å². The fourth-order valence-corrected chi connectivity index (χ4v) is 6.24. The lowest BCUT2D eigenvalue weighted by atomic mass is 10.0. The first kappa shape index (κ1) is 22.0. The van der Waals surface area contributed by atoms with Crippen molar-refractivity contribution in [1.29, 1.82) is 0 Å². The lowest BCUT2D eigenvalue weighted by Gasteiger charge is -2.34. The van der Waals surface area contributed by atoms with Crippen molar-refractivity contribution >= 4 is 30.6 Å². The smallest absolute Gasteiger partial charge is 0.243 e. The van der Waals surface area contributed by atoms with E-state index in [1.54, 1.807) is 6.92 Å². The first-order valence-electron chi connectivity index (χ1n) is 10.3. The van der Waals surface area contributed by atoms with E-state index < -0.39 is 19.9 Å². The summed E-state index contributed by atoms with van der Waals surface area (Å²) >= 11 is 0. The van der Waals surface area contributed by atoms with E-state index in [0.717, 1.165) is 6.54 Å². The van der Waals surface area contributed by atoms with Crippen molar-refractivity contribution in [2.24, 2.45) is 0 Å². The Bertz CT molecular complexity index is 1270. The molecule has 164 valence electrons. The molecule has 0 aromatic heterocycles. The van der Waals surface area contributed by atoms with Gasteiger partial charge in [-0.2, -0.15) is 4.31 Å². The molecule has 0 radical (unpaired) electrons. The molecule has 0 aliphatic carbocycles. The highest BCUT2D eigenvalue weighted by Gasteiger charge is 2.29. The SMILES string of the molecule is CCS(=O)(=O)c1ccc(S(=O)(=O)N2CCN(Cc3cccc4ccccc34)CC2)cc1. The maximum absolute atomic E-state index is 13.0. The van der Waals surface area contributed by atoms with Crippen LogP contribution >= 0.6 is 0 Å². The van der Waals surface area contributed by atoms with E-state index in [1.165, 1.54) is 44.9 Å². The van der Waals surface area contributed by atoms with Crippen LogP contribution in [0.4, 0.5) is 0 Å². The van der Waals surface area contributed by atoms with Crippen LogP contribution in [0.2, 0.25) is 0 Å². The number of nitrogens with zero attached hydrogens (tertiary/aromatic N) is 2. The Balaban J connectivity index is 1.44. The Labute approximate surface area is 184 Å². The lowest BCUT2D eigenvalue weighted by molar-refractivity contribution is 0.182. The molecule has 0 unspecified atom stereocenters. The molecule has 8 heteroatoms. The van der Waals surface area contributed by atoms with Crippen molar-refractivity contribution < 1.29 is 16.8 Å². The Hall–Kier alpha value is -2.26. The number of hydrogen-bond acceptors (Lipinski definition) is 5. The average molecular weight is 459 g/mol. The number of piperazine rings is 1. The van der Waals surface area contributed by atoms with E-state index in [-0.39, 0.29) is 15.5 Å². The Morgan fingerprint density at radius 1 is 0.742 bits per heavy atom. The molecule has 0 N–H and O–H groups in total. The second-order valence-corrected chi connectivity index (χ2v) is 11.9. The summed E-state index contributed by atoms with van der Waals surface area (Å²) in [5.41, 5.74) is 1.24. The van der Waals surface area contributed by atoms with E-state index in [2.05, 4.69) is 35.2 Å². The van der Waals surface area contributed by atoms with Gasteiger partial charge in [0.25, 0.3) is 0 Å². The van der Waals surface area contributed by atoms with E-state index >= 15 is 0 Å². The van der Waals surface area contributed by atoms with Gasteiger partial charge in [-0.05, 0) is 40.6 Å². The van der Waals surface area contributed by atoms with Crippen LogP contribution in [0.1, 0.15) is 12.5 Å². The van der Waals surface area contributed by atoms with E-state index in [0.29, 0.717) is 26.2 Å². The standard InChI is InChI=1S/C23H26N2O4S2/c1-2-30(26,27)21-10-12-22(13-11-21)31(28,29)25-16-14-24(15-17-25)18-20-8-5-7-19-6-3-4-9-23(19)20/h3-13H,2,14-18H2,1H3. The van der Waals surface area contributed by atoms with E-state index in [9.17, 15) is 16.8 Å². The molecule has 31 heavy (non-hydrogen) atoms. The molecule has 1 heterocycles. The molecule has 0 bridgehead atoms. The molecule has 1 fully saturated rings. The largest absolute Gasteiger partial charge is 0.296 e. The van der Waals surface area contributed by atoms with E-state index in [1.807, 2.05) is 12.1 Å². The minimum atomic E-state index is -3.65. The van der Waals surface area contributed by atoms with Gasteiger partial charge in [0.1, 0.15) is 0 Å². The normalized spacial score (nSPS) is 16.5. The second kappa shape index (κ2) is 8.70. The van der Waals surface area contributed by atoms with Crippen LogP contribution in [0.3, 0.4) is 0 Å². The zero-order valence-electron chi connectivity index (χ0n) is 17.4. The topological polar surface area (TPSA) is 74.8 Å². The molecule has 0 spiro atoms. The van der Waals surface area contributed by atoms with E-state index in [4.69, 9.17) is 0 Å². The number of sulfone groups is 1. The number of fused-ring (bicyclic) bond motifs is 1. The molecule has 3 aromatic rings. The minimum absolute atomic E-state index is 0.0161. The summed E-state index contributed by atoms with van der Waals surface area (Å²) in [7, 11) is -7.00. The summed E-state index contributed by atoms with van der Waals surface area (Å²) in [6, 6.07) is 20.1. The fourth-order valence-electron chi connectivity index (χ4n) is 3.93. The maximum atomic E-state index is 13.0. The van der Waals surface area contributed by atoms with Crippen molar-refractivity contribution in [3.8, 4) is 0 Å². The Kier molecular flexibility index (Phi) is 6.16. The summed E-state index contributed by atoms with van der Waals surface area (Å²) in [4.78, 5) is 2.55. The molecule has 1 aliphatic heterocycles. The van der Waals surface area contributed by atoms with Crippen molar-refractivity contribution in [2.45, 2.75) is 23.3 Å². The molecule has 0 amide bonds. The van der Waals surface area contributed by atoms with Crippen LogP contribution in [0.25, 0.3) is 10.8 Å². The number of hydrogen-bond donors (Lipinski definition) is 0. The van der Waals surface area contributed by atoms with Crippen LogP contribution in [0, 0.1) is 0 Å². The summed E-state index contributed by atoms with van der Waals surface area (Å²) in [5, 5.41) is 2.43. The summed E-state index contributed by atoms with van der Waals surface area (Å²) < 4.78 is 51.4. The second-order valence-electron chi connectivity index (χ2n) is 7.69. The van der Waals surface area contributed by atoms with Crippen LogP contribution < -0.4 is 0 Å². The van der Waals surface area contributed by atoms with Gasteiger partial charge in [0, 0.05) is 32.7 Å². The highest BCUT2D eigenvalue weighted by Crippen LogP contribution is 2.23. The van der Waals surface area contributed by atoms with Gasteiger partial charge in [-0.15, -0.1) is 0 Å². The highest BCUT2D eigenvalue weighted by molar-refractivity contribution is 7.91. The molecular formula is C23H26N2O4S2. The van der Waals surface area contributed by atoms with Crippen molar-refractivity contribution in [1.82, 2.24) is 9.21 Å². The van der Waals surface area contributed by atoms with Crippen LogP contribution in [0.15, 0.2) is 76.5 Å². The molecular weight excluding hydrogens is 432 g/mol. The van der Waals surface area contributed by atoms with Gasteiger partial charge >= 0.3 is 0 Å². The van der Waals surface area contributed by atoms with Gasteiger partial charge in [0.05, 0.1) is 15.5 Å².